The van der Waals surface area contributed by atoms with Crippen molar-refractivity contribution in [2.75, 3.05) is 0 Å². The molecule has 82 valence electrons. The number of carbonyl (C=O) groups excluding carboxylic acids is 1. The van der Waals surface area contributed by atoms with Crippen LogP contribution in [0.15, 0.2) is 24.3 Å². The van der Waals surface area contributed by atoms with Gasteiger partial charge in [-0.1, -0.05) is 25.0 Å². The third-order valence-corrected chi connectivity index (χ3v) is 3.64. The van der Waals surface area contributed by atoms with Crippen molar-refractivity contribution in [1.82, 2.24) is 4.98 Å². The Morgan fingerprint density at radius 3 is 2.81 bits per heavy atom. The van der Waals surface area contributed by atoms with Gasteiger partial charge in [0.15, 0.2) is 6.29 Å². The summed E-state index contributed by atoms with van der Waals surface area (Å²) in [5.74, 6) is 0.673. The van der Waals surface area contributed by atoms with Crippen molar-refractivity contribution in [3.63, 3.8) is 0 Å². The van der Waals surface area contributed by atoms with Crippen LogP contribution in [0.2, 0.25) is 0 Å². The highest BCUT2D eigenvalue weighted by Gasteiger charge is 2.19. The van der Waals surface area contributed by atoms with Gasteiger partial charge in [-0.3, -0.25) is 4.79 Å². The van der Waals surface area contributed by atoms with E-state index >= 15 is 0 Å². The van der Waals surface area contributed by atoms with E-state index in [-0.39, 0.29) is 0 Å². The number of aromatic nitrogens is 1. The van der Waals surface area contributed by atoms with Crippen LogP contribution in [0.4, 0.5) is 0 Å². The van der Waals surface area contributed by atoms with Crippen molar-refractivity contribution in [2.45, 2.75) is 31.6 Å². The fraction of sp³-hybridized carbons (Fsp3) is 0.357. The summed E-state index contributed by atoms with van der Waals surface area (Å²) in [4.78, 5) is 14.4. The molecular weight excluding hydrogens is 198 g/mol. The van der Waals surface area contributed by atoms with Gasteiger partial charge in [-0.05, 0) is 30.9 Å². The number of nitrogens with one attached hydrogen (secondary N) is 1. The number of H-pyrrole nitrogens is 1. The van der Waals surface area contributed by atoms with Gasteiger partial charge in [0.25, 0.3) is 0 Å². The number of carbonyl (C=O) groups is 1. The number of hydrogen-bond donors (Lipinski definition) is 1. The Balaban J connectivity index is 2.11. The van der Waals surface area contributed by atoms with E-state index in [1.54, 1.807) is 0 Å². The van der Waals surface area contributed by atoms with E-state index in [0.29, 0.717) is 5.92 Å². The van der Waals surface area contributed by atoms with Gasteiger partial charge >= 0.3 is 0 Å². The molecule has 0 bridgehead atoms. The number of rotatable bonds is 2. The maximum absolute atomic E-state index is 10.9. The fourth-order valence-electron chi connectivity index (χ4n) is 2.76. The molecule has 1 aliphatic carbocycles. The molecule has 1 aliphatic rings. The zero-order valence-electron chi connectivity index (χ0n) is 9.20. The molecule has 0 aliphatic heterocycles. The molecule has 3 rings (SSSR count). The lowest BCUT2D eigenvalue weighted by Gasteiger charge is -2.04. The third kappa shape index (κ3) is 1.45. The van der Waals surface area contributed by atoms with E-state index in [2.05, 4.69) is 11.1 Å². The van der Waals surface area contributed by atoms with Gasteiger partial charge in [0.2, 0.25) is 0 Å². The molecular formula is C14H15NO. The summed E-state index contributed by atoms with van der Waals surface area (Å²) in [6.07, 6.45) is 6.17. The molecule has 0 atom stereocenters. The molecule has 16 heavy (non-hydrogen) atoms. The first kappa shape index (κ1) is 9.64. The first-order valence-electron chi connectivity index (χ1n) is 5.95. The minimum Gasteiger partial charge on any atom is -0.358 e. The fourth-order valence-corrected chi connectivity index (χ4v) is 2.76. The Kier molecular flexibility index (Phi) is 2.28. The highest BCUT2D eigenvalue weighted by atomic mass is 16.1. The Labute approximate surface area is 94.7 Å². The van der Waals surface area contributed by atoms with Gasteiger partial charge in [-0.2, -0.15) is 0 Å². The second-order valence-electron chi connectivity index (χ2n) is 4.63. The predicted molar refractivity (Wildman–Crippen MR) is 64.9 cm³/mol. The Morgan fingerprint density at radius 2 is 2.06 bits per heavy atom. The summed E-state index contributed by atoms with van der Waals surface area (Å²) in [6.45, 7) is 0. The van der Waals surface area contributed by atoms with Crippen molar-refractivity contribution in [3.8, 4) is 0 Å². The molecule has 1 N–H and O–H groups in total. The molecule has 1 aromatic heterocycles. The van der Waals surface area contributed by atoms with Crippen molar-refractivity contribution in [2.24, 2.45) is 0 Å². The molecule has 0 radical (unpaired) electrons. The second-order valence-corrected chi connectivity index (χ2v) is 4.63. The van der Waals surface area contributed by atoms with Crippen LogP contribution in [0.1, 0.15) is 47.7 Å². The molecule has 0 amide bonds. The van der Waals surface area contributed by atoms with Gasteiger partial charge in [0, 0.05) is 22.2 Å². The molecule has 2 aromatic rings. The number of fused-ring (bicyclic) bond motifs is 1. The lowest BCUT2D eigenvalue weighted by atomic mass is 10.0. The maximum Gasteiger partial charge on any atom is 0.150 e. The number of benzene rings is 1. The number of aldehydes is 1. The third-order valence-electron chi connectivity index (χ3n) is 3.64. The normalized spacial score (nSPS) is 17.0. The van der Waals surface area contributed by atoms with Crippen LogP contribution in [-0.2, 0) is 0 Å². The Bertz CT molecular complexity index is 521. The van der Waals surface area contributed by atoms with Crippen LogP contribution < -0.4 is 0 Å². The topological polar surface area (TPSA) is 32.9 Å². The van der Waals surface area contributed by atoms with E-state index in [1.807, 2.05) is 18.2 Å². The SMILES string of the molecule is O=Cc1cccc2[nH]c(C3CCCC3)cc12. The second kappa shape index (κ2) is 3.78. The first-order valence-corrected chi connectivity index (χ1v) is 5.95. The van der Waals surface area contributed by atoms with Crippen LogP contribution in [0, 0.1) is 0 Å². The zero-order chi connectivity index (χ0) is 11.0. The van der Waals surface area contributed by atoms with Crippen LogP contribution >= 0.6 is 0 Å². The van der Waals surface area contributed by atoms with Crippen molar-refractivity contribution >= 4 is 17.2 Å². The smallest absolute Gasteiger partial charge is 0.150 e. The number of hydrogen-bond acceptors (Lipinski definition) is 1. The molecule has 2 heteroatoms. The monoisotopic (exact) mass is 213 g/mol. The van der Waals surface area contributed by atoms with E-state index in [4.69, 9.17) is 0 Å². The molecule has 1 heterocycles. The zero-order valence-corrected chi connectivity index (χ0v) is 9.20. The molecule has 1 saturated carbocycles. The van der Waals surface area contributed by atoms with Crippen molar-refractivity contribution in [3.05, 3.63) is 35.5 Å². The van der Waals surface area contributed by atoms with E-state index < -0.39 is 0 Å². The van der Waals surface area contributed by atoms with Crippen LogP contribution in [0.3, 0.4) is 0 Å². The quantitative estimate of drug-likeness (QED) is 0.759. The lowest BCUT2D eigenvalue weighted by molar-refractivity contribution is 0.112. The van der Waals surface area contributed by atoms with E-state index in [9.17, 15) is 4.79 Å². The summed E-state index contributed by atoms with van der Waals surface area (Å²) in [5.41, 5.74) is 3.19. The van der Waals surface area contributed by atoms with Crippen LogP contribution in [0.25, 0.3) is 10.9 Å². The lowest BCUT2D eigenvalue weighted by Crippen LogP contribution is -1.90. The Hall–Kier alpha value is -1.57. The first-order chi connectivity index (χ1) is 7.88. The number of aromatic amines is 1. The minimum atomic E-state index is 0.673. The van der Waals surface area contributed by atoms with Crippen molar-refractivity contribution < 1.29 is 4.79 Å². The van der Waals surface area contributed by atoms with Gasteiger partial charge in [0.05, 0.1) is 0 Å². The molecule has 1 fully saturated rings. The standard InChI is InChI=1S/C14H15NO/c16-9-11-6-3-7-13-12(11)8-14(15-13)10-4-1-2-5-10/h3,6-10,15H,1-2,4-5H2. The van der Waals surface area contributed by atoms with E-state index in [1.165, 1.54) is 31.4 Å². The Morgan fingerprint density at radius 1 is 1.25 bits per heavy atom. The molecule has 2 nitrogen and oxygen atoms in total. The maximum atomic E-state index is 10.9. The van der Waals surface area contributed by atoms with Crippen LogP contribution in [-0.4, -0.2) is 11.3 Å². The average molecular weight is 213 g/mol. The van der Waals surface area contributed by atoms with E-state index in [0.717, 1.165) is 22.8 Å². The predicted octanol–water partition coefficient (Wildman–Crippen LogP) is 3.64. The average Bonchev–Trinajstić information content (AvgIpc) is 2.96. The molecule has 1 aromatic carbocycles. The molecule has 0 unspecified atom stereocenters. The summed E-state index contributed by atoms with van der Waals surface area (Å²) in [5, 5.41) is 1.07. The van der Waals surface area contributed by atoms with Gasteiger partial charge in [-0.15, -0.1) is 0 Å². The highest BCUT2D eigenvalue weighted by molar-refractivity contribution is 5.97. The molecule has 0 spiro atoms. The largest absolute Gasteiger partial charge is 0.358 e. The minimum absolute atomic E-state index is 0.673. The van der Waals surface area contributed by atoms with Gasteiger partial charge in [0.1, 0.15) is 0 Å². The summed E-state index contributed by atoms with van der Waals surface area (Å²) in [7, 11) is 0. The summed E-state index contributed by atoms with van der Waals surface area (Å²) < 4.78 is 0. The highest BCUT2D eigenvalue weighted by Crippen LogP contribution is 2.35. The van der Waals surface area contributed by atoms with Gasteiger partial charge < -0.3 is 4.98 Å². The van der Waals surface area contributed by atoms with Crippen LogP contribution in [0.5, 0.6) is 0 Å². The van der Waals surface area contributed by atoms with Gasteiger partial charge in [-0.25, -0.2) is 0 Å². The summed E-state index contributed by atoms with van der Waals surface area (Å²) >= 11 is 0. The van der Waals surface area contributed by atoms with Crippen molar-refractivity contribution in [1.29, 1.82) is 0 Å². The summed E-state index contributed by atoms with van der Waals surface area (Å²) in [6, 6.07) is 8.01. The molecule has 0 saturated heterocycles.